The van der Waals surface area contributed by atoms with Gasteiger partial charge >= 0.3 is 12.1 Å². The Bertz CT molecular complexity index is 157. The molecule has 0 aromatic rings. The lowest BCUT2D eigenvalue weighted by Crippen LogP contribution is -2.32. The van der Waals surface area contributed by atoms with E-state index >= 15 is 0 Å². The monoisotopic (exact) mass is 165 g/mol. The van der Waals surface area contributed by atoms with Gasteiger partial charge in [0.1, 0.15) is 0 Å². The van der Waals surface area contributed by atoms with E-state index in [9.17, 15) is 9.59 Å². The van der Waals surface area contributed by atoms with Crippen LogP contribution in [0, 0.1) is 0 Å². The van der Waals surface area contributed by atoms with Gasteiger partial charge in [-0.05, 0) is 0 Å². The van der Waals surface area contributed by atoms with E-state index in [1.807, 2.05) is 0 Å². The van der Waals surface area contributed by atoms with Crippen molar-refractivity contribution in [2.24, 2.45) is 0 Å². The van der Waals surface area contributed by atoms with Crippen LogP contribution in [0.25, 0.3) is 0 Å². The third-order valence-corrected chi connectivity index (χ3v) is 0.730. The molecule has 0 aromatic heterocycles. The van der Waals surface area contributed by atoms with Gasteiger partial charge in [0.15, 0.2) is 6.10 Å². The van der Waals surface area contributed by atoms with E-state index in [1.54, 1.807) is 0 Å². The Morgan fingerprint density at radius 1 is 1.55 bits per heavy atom. The zero-order valence-corrected chi connectivity index (χ0v) is 5.35. The van der Waals surface area contributed by atoms with Gasteiger partial charge in [-0.3, -0.25) is 5.21 Å². The Morgan fingerprint density at radius 3 is 2.45 bits per heavy atom. The average molecular weight is 165 g/mol. The summed E-state index contributed by atoms with van der Waals surface area (Å²) in [5, 5.41) is 24.4. The highest BCUT2D eigenvalue weighted by atomic mass is 16.6. The van der Waals surface area contributed by atoms with Crippen LogP contribution in [-0.2, 0) is 9.53 Å². The molecule has 1 unspecified atom stereocenters. The Hall–Kier alpha value is -1.18. The van der Waals surface area contributed by atoms with E-state index in [0.29, 0.717) is 0 Å². The molecule has 4 N–H and O–H groups in total. The second kappa shape index (κ2) is 4.61. The number of carbonyl (C=O) groups excluding carboxylic acids is 2. The molecule has 0 saturated carbocycles. The maximum atomic E-state index is 10.3. The molecular weight excluding hydrogens is 158 g/mol. The van der Waals surface area contributed by atoms with Crippen molar-refractivity contribution in [2.45, 2.75) is 6.10 Å². The van der Waals surface area contributed by atoms with Crippen LogP contribution in [-0.4, -0.2) is 40.2 Å². The molecule has 0 heterocycles. The van der Waals surface area contributed by atoms with Gasteiger partial charge in [0.2, 0.25) is 0 Å². The van der Waals surface area contributed by atoms with Crippen LogP contribution in [0.4, 0.5) is 4.79 Å². The van der Waals surface area contributed by atoms with Gasteiger partial charge in [0.25, 0.3) is 0 Å². The minimum absolute atomic E-state index is 0.850. The van der Waals surface area contributed by atoms with Crippen molar-refractivity contribution in [3.63, 3.8) is 0 Å². The summed E-state index contributed by atoms with van der Waals surface area (Å²) in [5.74, 6) is -1.33. The van der Waals surface area contributed by atoms with Crippen LogP contribution in [0.5, 0.6) is 0 Å². The van der Waals surface area contributed by atoms with E-state index in [-0.39, 0.29) is 0 Å². The topological polar surface area (TPSA) is 116 Å². The molecule has 7 nitrogen and oxygen atoms in total. The highest BCUT2D eigenvalue weighted by Crippen LogP contribution is 1.87. The van der Waals surface area contributed by atoms with Crippen molar-refractivity contribution in [1.29, 1.82) is 0 Å². The standard InChI is InChI=1S/C4H7NO6/c6-1-2(7)3(8)11-4(9)5-10/h2,6-7,10H,1H2,(H,5,9). The summed E-state index contributed by atoms with van der Waals surface area (Å²) in [5.41, 5.74) is 1.00. The first-order valence-electron chi connectivity index (χ1n) is 2.56. The summed E-state index contributed by atoms with van der Waals surface area (Å²) in [7, 11) is 0. The van der Waals surface area contributed by atoms with Crippen LogP contribution in [0.1, 0.15) is 0 Å². The number of hydrogen-bond acceptors (Lipinski definition) is 6. The van der Waals surface area contributed by atoms with Crippen molar-refractivity contribution in [3.05, 3.63) is 0 Å². The molecule has 0 spiro atoms. The van der Waals surface area contributed by atoms with Crippen molar-refractivity contribution in [2.75, 3.05) is 6.61 Å². The van der Waals surface area contributed by atoms with Crippen molar-refractivity contribution in [1.82, 2.24) is 5.48 Å². The van der Waals surface area contributed by atoms with Crippen LogP contribution < -0.4 is 5.48 Å². The van der Waals surface area contributed by atoms with Gasteiger partial charge in [-0.2, -0.15) is 0 Å². The number of hydrogen-bond donors (Lipinski definition) is 4. The second-order valence-electron chi connectivity index (χ2n) is 1.52. The molecule has 0 aliphatic carbocycles. The lowest BCUT2D eigenvalue weighted by Gasteiger charge is -2.04. The van der Waals surface area contributed by atoms with Crippen LogP contribution >= 0.6 is 0 Å². The largest absolute Gasteiger partial charge is 0.438 e. The number of ether oxygens (including phenoxy) is 1. The number of carbonyl (C=O) groups is 2. The summed E-state index contributed by atoms with van der Waals surface area (Å²) >= 11 is 0. The highest BCUT2D eigenvalue weighted by Gasteiger charge is 2.18. The summed E-state index contributed by atoms with van der Waals surface area (Å²) in [4.78, 5) is 20.4. The summed E-state index contributed by atoms with van der Waals surface area (Å²) in [6, 6.07) is 0. The lowest BCUT2D eigenvalue weighted by molar-refractivity contribution is -0.149. The Balaban J connectivity index is 3.77. The Kier molecular flexibility index (Phi) is 4.11. The van der Waals surface area contributed by atoms with Crippen LogP contribution in [0.3, 0.4) is 0 Å². The molecule has 0 aromatic carbocycles. The van der Waals surface area contributed by atoms with E-state index in [1.165, 1.54) is 0 Å². The van der Waals surface area contributed by atoms with Crippen LogP contribution in [0.2, 0.25) is 0 Å². The minimum Gasteiger partial charge on any atom is -0.393 e. The first-order valence-corrected chi connectivity index (χ1v) is 2.56. The fraction of sp³-hybridized carbons (Fsp3) is 0.500. The molecule has 64 valence electrons. The molecule has 0 aliphatic heterocycles. The zero-order valence-electron chi connectivity index (χ0n) is 5.35. The summed E-state index contributed by atoms with van der Waals surface area (Å²) < 4.78 is 3.70. The molecule has 1 amide bonds. The third kappa shape index (κ3) is 3.50. The number of amides is 1. The normalized spacial score (nSPS) is 11.9. The number of nitrogens with one attached hydrogen (secondary N) is 1. The molecular formula is C4H7NO6. The molecule has 1 atom stereocenters. The van der Waals surface area contributed by atoms with E-state index in [2.05, 4.69) is 4.74 Å². The lowest BCUT2D eigenvalue weighted by atomic mass is 10.4. The number of esters is 1. The minimum atomic E-state index is -1.77. The average Bonchev–Trinajstić information content (AvgIpc) is 2.02. The predicted octanol–water partition coefficient (Wildman–Crippen LogP) is -2.02. The molecule has 0 fully saturated rings. The molecule has 0 radical (unpaired) electrons. The fourth-order valence-corrected chi connectivity index (χ4v) is 0.257. The molecule has 0 saturated heterocycles. The highest BCUT2D eigenvalue weighted by molar-refractivity contribution is 5.86. The first-order chi connectivity index (χ1) is 5.11. The van der Waals surface area contributed by atoms with E-state index in [0.717, 1.165) is 5.48 Å². The maximum Gasteiger partial charge on any atom is 0.438 e. The fourth-order valence-electron chi connectivity index (χ4n) is 0.257. The predicted molar refractivity (Wildman–Crippen MR) is 29.5 cm³/mol. The van der Waals surface area contributed by atoms with Crippen molar-refractivity contribution >= 4 is 12.1 Å². The van der Waals surface area contributed by atoms with Crippen molar-refractivity contribution < 1.29 is 29.7 Å². The van der Waals surface area contributed by atoms with Gasteiger partial charge < -0.3 is 14.9 Å². The molecule has 11 heavy (non-hydrogen) atoms. The maximum absolute atomic E-state index is 10.3. The Labute approximate surface area is 61.2 Å². The molecule has 0 aliphatic rings. The Morgan fingerprint density at radius 2 is 2.09 bits per heavy atom. The molecule has 0 rings (SSSR count). The zero-order chi connectivity index (χ0) is 8.85. The van der Waals surface area contributed by atoms with Crippen LogP contribution in [0.15, 0.2) is 0 Å². The van der Waals surface area contributed by atoms with E-state index in [4.69, 9.17) is 15.4 Å². The van der Waals surface area contributed by atoms with Gasteiger partial charge in [0, 0.05) is 0 Å². The number of aliphatic hydroxyl groups excluding tert-OH is 2. The second-order valence-corrected chi connectivity index (χ2v) is 1.52. The van der Waals surface area contributed by atoms with E-state index < -0.39 is 24.8 Å². The quantitative estimate of drug-likeness (QED) is 0.162. The SMILES string of the molecule is O=C(NO)OC(=O)C(O)CO. The van der Waals surface area contributed by atoms with Gasteiger partial charge in [0.05, 0.1) is 6.61 Å². The van der Waals surface area contributed by atoms with Gasteiger partial charge in [-0.1, -0.05) is 0 Å². The van der Waals surface area contributed by atoms with Gasteiger partial charge in [-0.15, -0.1) is 0 Å². The summed E-state index contributed by atoms with van der Waals surface area (Å²) in [6.07, 6.45) is -3.19. The molecule has 7 heteroatoms. The number of hydroxylamine groups is 1. The third-order valence-electron chi connectivity index (χ3n) is 0.730. The number of aliphatic hydroxyl groups is 2. The van der Waals surface area contributed by atoms with Crippen molar-refractivity contribution in [3.8, 4) is 0 Å². The van der Waals surface area contributed by atoms with Gasteiger partial charge in [-0.25, -0.2) is 15.1 Å². The first kappa shape index (κ1) is 9.82. The smallest absolute Gasteiger partial charge is 0.393 e. The summed E-state index contributed by atoms with van der Waals surface area (Å²) in [6.45, 7) is -0.850. The number of rotatable bonds is 2. The molecule has 0 bridgehead atoms.